The van der Waals surface area contributed by atoms with E-state index in [1.54, 1.807) is 30.3 Å². The van der Waals surface area contributed by atoms with Crippen LogP contribution in [0.2, 0.25) is 5.02 Å². The van der Waals surface area contributed by atoms with E-state index < -0.39 is 0 Å². The molecule has 0 radical (unpaired) electrons. The molecular weight excluding hydrogens is 446 g/mol. The Hall–Kier alpha value is -3.42. The van der Waals surface area contributed by atoms with Crippen LogP contribution in [0, 0.1) is 6.92 Å². The third-order valence-corrected chi connectivity index (χ3v) is 5.16. The molecule has 6 nitrogen and oxygen atoms in total. The monoisotopic (exact) mass is 465 g/mol. The molecule has 0 aliphatic rings. The van der Waals surface area contributed by atoms with Crippen LogP contribution in [-0.4, -0.2) is 22.6 Å². The summed E-state index contributed by atoms with van der Waals surface area (Å²) in [4.78, 5) is 17.1. The summed E-state index contributed by atoms with van der Waals surface area (Å²) >= 11 is 11.4. The molecule has 8 heteroatoms. The fourth-order valence-corrected chi connectivity index (χ4v) is 3.52. The number of nitrogens with one attached hydrogen (secondary N) is 2. The number of ether oxygens (including phenoxy) is 1. The largest absolute Gasteiger partial charge is 0.492 e. The highest BCUT2D eigenvalue weighted by molar-refractivity contribution is 7.80. The number of halogens is 1. The van der Waals surface area contributed by atoms with E-state index in [-0.39, 0.29) is 11.0 Å². The van der Waals surface area contributed by atoms with Gasteiger partial charge in [-0.15, -0.1) is 0 Å². The lowest BCUT2D eigenvalue weighted by Crippen LogP contribution is -2.34. The number of nitrogens with zero attached hydrogens (tertiary/aromatic N) is 1. The van der Waals surface area contributed by atoms with Crippen LogP contribution < -0.4 is 15.4 Å². The Morgan fingerprint density at radius 1 is 1.12 bits per heavy atom. The van der Waals surface area contributed by atoms with Gasteiger partial charge in [-0.1, -0.05) is 29.3 Å². The molecular formula is C24H20ClN3O3S. The van der Waals surface area contributed by atoms with E-state index in [0.717, 1.165) is 5.56 Å². The second-order valence-corrected chi connectivity index (χ2v) is 7.87. The van der Waals surface area contributed by atoms with Crippen LogP contribution in [0.3, 0.4) is 0 Å². The number of aryl methyl sites for hydroxylation is 1. The molecule has 0 bridgehead atoms. The van der Waals surface area contributed by atoms with Gasteiger partial charge in [0.15, 0.2) is 10.7 Å². The number of aromatic nitrogens is 1. The van der Waals surface area contributed by atoms with Gasteiger partial charge in [0, 0.05) is 16.8 Å². The fraction of sp³-hybridized carbons (Fsp3) is 0.125. The Bertz CT molecular complexity index is 1300. The highest BCUT2D eigenvalue weighted by Crippen LogP contribution is 2.27. The van der Waals surface area contributed by atoms with Gasteiger partial charge in [-0.05, 0) is 74.6 Å². The van der Waals surface area contributed by atoms with Crippen molar-refractivity contribution in [1.82, 2.24) is 10.3 Å². The predicted octanol–water partition coefficient (Wildman–Crippen LogP) is 5.98. The first-order valence-electron chi connectivity index (χ1n) is 9.95. The van der Waals surface area contributed by atoms with E-state index in [9.17, 15) is 4.79 Å². The van der Waals surface area contributed by atoms with Crippen molar-refractivity contribution in [2.24, 2.45) is 0 Å². The van der Waals surface area contributed by atoms with Crippen LogP contribution in [0.25, 0.3) is 22.6 Å². The number of carbonyl (C=O) groups excluding carboxylic acids is 1. The van der Waals surface area contributed by atoms with E-state index in [1.165, 1.54) is 5.56 Å². The molecule has 1 heterocycles. The number of oxazole rings is 1. The summed E-state index contributed by atoms with van der Waals surface area (Å²) in [6, 6.07) is 18.2. The Labute approximate surface area is 195 Å². The highest BCUT2D eigenvalue weighted by Gasteiger charge is 2.13. The van der Waals surface area contributed by atoms with Crippen LogP contribution in [0.5, 0.6) is 5.75 Å². The van der Waals surface area contributed by atoms with Gasteiger partial charge in [0.25, 0.3) is 5.91 Å². The Morgan fingerprint density at radius 2 is 1.91 bits per heavy atom. The molecule has 0 spiro atoms. The van der Waals surface area contributed by atoms with Crippen molar-refractivity contribution < 1.29 is 13.9 Å². The van der Waals surface area contributed by atoms with E-state index in [0.29, 0.717) is 45.6 Å². The molecule has 0 aliphatic carbocycles. The molecule has 0 unspecified atom stereocenters. The second-order valence-electron chi connectivity index (χ2n) is 7.05. The van der Waals surface area contributed by atoms with Gasteiger partial charge in [-0.25, -0.2) is 4.98 Å². The molecule has 32 heavy (non-hydrogen) atoms. The summed E-state index contributed by atoms with van der Waals surface area (Å²) in [5.74, 6) is 0.689. The third-order valence-electron chi connectivity index (χ3n) is 4.66. The lowest BCUT2D eigenvalue weighted by atomic mass is 10.1. The zero-order valence-electron chi connectivity index (χ0n) is 17.4. The zero-order valence-corrected chi connectivity index (χ0v) is 19.0. The SMILES string of the molecule is CCOc1ccc(C(=O)NC(=S)Nc2ccc3oc(-c4ccc(C)cc4)nc3c2)cc1Cl. The fourth-order valence-electron chi connectivity index (χ4n) is 3.08. The third kappa shape index (κ3) is 4.90. The first kappa shape index (κ1) is 21.8. The van der Waals surface area contributed by atoms with E-state index in [2.05, 4.69) is 15.6 Å². The van der Waals surface area contributed by atoms with Crippen LogP contribution in [-0.2, 0) is 0 Å². The second kappa shape index (κ2) is 9.38. The molecule has 162 valence electrons. The number of amides is 1. The van der Waals surface area contributed by atoms with Crippen LogP contribution in [0.4, 0.5) is 5.69 Å². The summed E-state index contributed by atoms with van der Waals surface area (Å²) in [5.41, 5.74) is 4.45. The van der Waals surface area contributed by atoms with E-state index >= 15 is 0 Å². The molecule has 0 atom stereocenters. The van der Waals surface area contributed by atoms with Gasteiger partial charge in [0.05, 0.1) is 11.6 Å². The number of fused-ring (bicyclic) bond motifs is 1. The zero-order chi connectivity index (χ0) is 22.7. The van der Waals surface area contributed by atoms with Crippen molar-refractivity contribution in [2.45, 2.75) is 13.8 Å². The average Bonchev–Trinajstić information content (AvgIpc) is 3.19. The molecule has 1 aromatic heterocycles. The number of thiocarbonyl (C=S) groups is 1. The number of hydrogen-bond acceptors (Lipinski definition) is 5. The molecule has 0 saturated heterocycles. The van der Waals surface area contributed by atoms with E-state index in [4.69, 9.17) is 33.0 Å². The first-order valence-corrected chi connectivity index (χ1v) is 10.7. The van der Waals surface area contributed by atoms with Gasteiger partial charge in [-0.2, -0.15) is 0 Å². The number of rotatable bonds is 5. The van der Waals surface area contributed by atoms with Crippen LogP contribution in [0.1, 0.15) is 22.8 Å². The maximum absolute atomic E-state index is 12.5. The van der Waals surface area contributed by atoms with Crippen molar-refractivity contribution in [3.63, 3.8) is 0 Å². The lowest BCUT2D eigenvalue weighted by molar-refractivity contribution is 0.0977. The minimum Gasteiger partial charge on any atom is -0.492 e. The molecule has 4 aromatic rings. The molecule has 0 aliphatic heterocycles. The quantitative estimate of drug-likeness (QED) is 0.353. The molecule has 3 aromatic carbocycles. The van der Waals surface area contributed by atoms with Gasteiger partial charge >= 0.3 is 0 Å². The number of carbonyl (C=O) groups is 1. The van der Waals surface area contributed by atoms with Gasteiger partial charge in [0.2, 0.25) is 5.89 Å². The topological polar surface area (TPSA) is 76.4 Å². The van der Waals surface area contributed by atoms with Crippen LogP contribution >= 0.6 is 23.8 Å². The summed E-state index contributed by atoms with van der Waals surface area (Å²) in [6.45, 7) is 4.38. The Morgan fingerprint density at radius 3 is 2.62 bits per heavy atom. The smallest absolute Gasteiger partial charge is 0.257 e. The minimum atomic E-state index is -0.378. The molecule has 4 rings (SSSR count). The van der Waals surface area contributed by atoms with Crippen molar-refractivity contribution in [2.75, 3.05) is 11.9 Å². The van der Waals surface area contributed by atoms with Crippen molar-refractivity contribution >= 4 is 51.6 Å². The van der Waals surface area contributed by atoms with Crippen LogP contribution in [0.15, 0.2) is 65.1 Å². The molecule has 0 fully saturated rings. The number of anilines is 1. The summed E-state index contributed by atoms with van der Waals surface area (Å²) in [5, 5.41) is 6.16. The number of benzene rings is 3. The van der Waals surface area contributed by atoms with Crippen molar-refractivity contribution in [1.29, 1.82) is 0 Å². The maximum Gasteiger partial charge on any atom is 0.257 e. The average molecular weight is 466 g/mol. The van der Waals surface area contributed by atoms with E-state index in [1.807, 2.05) is 44.2 Å². The number of hydrogen-bond donors (Lipinski definition) is 2. The first-order chi connectivity index (χ1) is 15.4. The molecule has 1 amide bonds. The summed E-state index contributed by atoms with van der Waals surface area (Å²) < 4.78 is 11.2. The van der Waals surface area contributed by atoms with Gasteiger partial charge < -0.3 is 14.5 Å². The Kier molecular flexibility index (Phi) is 6.39. The summed E-state index contributed by atoms with van der Waals surface area (Å²) in [6.07, 6.45) is 0. The molecule has 0 saturated carbocycles. The highest BCUT2D eigenvalue weighted by atomic mass is 35.5. The van der Waals surface area contributed by atoms with Gasteiger partial charge in [0.1, 0.15) is 11.3 Å². The molecule has 2 N–H and O–H groups in total. The maximum atomic E-state index is 12.5. The van der Waals surface area contributed by atoms with Gasteiger partial charge in [-0.3, -0.25) is 10.1 Å². The normalized spacial score (nSPS) is 10.7. The van der Waals surface area contributed by atoms with Crippen molar-refractivity contribution in [3.05, 3.63) is 76.8 Å². The standard InChI is InChI=1S/C24H20ClN3O3S/c1-3-30-20-10-8-16(12-18(20)25)22(29)28-24(32)26-17-9-11-21-19(13-17)27-23(31-21)15-6-4-14(2)5-7-15/h4-13H,3H2,1-2H3,(H2,26,28,29,32). The van der Waals surface area contributed by atoms with Crippen molar-refractivity contribution in [3.8, 4) is 17.2 Å². The predicted molar refractivity (Wildman–Crippen MR) is 130 cm³/mol. The minimum absolute atomic E-state index is 0.154. The summed E-state index contributed by atoms with van der Waals surface area (Å²) in [7, 11) is 0. The Balaban J connectivity index is 1.44. The lowest BCUT2D eigenvalue weighted by Gasteiger charge is -2.11.